The van der Waals surface area contributed by atoms with E-state index in [1.54, 1.807) is 0 Å². The SMILES string of the molecule is O=C(O)C1CCN(C(c2ccc(-c3ccccc3)cc2)c2ccc(-c3ccccc3)cc2)CC1. The van der Waals surface area contributed by atoms with Gasteiger partial charge >= 0.3 is 5.97 Å². The van der Waals surface area contributed by atoms with Crippen molar-refractivity contribution in [1.82, 2.24) is 4.90 Å². The Kier molecular flexibility index (Phi) is 6.55. The Labute approximate surface area is 201 Å². The molecule has 0 unspecified atom stereocenters. The number of piperidine rings is 1. The number of benzene rings is 4. The van der Waals surface area contributed by atoms with Crippen LogP contribution >= 0.6 is 0 Å². The van der Waals surface area contributed by atoms with Crippen LogP contribution in [0.5, 0.6) is 0 Å². The van der Waals surface area contributed by atoms with Crippen LogP contribution in [0.2, 0.25) is 0 Å². The van der Waals surface area contributed by atoms with Gasteiger partial charge in [-0.05, 0) is 59.3 Å². The van der Waals surface area contributed by atoms with Crippen LogP contribution < -0.4 is 0 Å². The van der Waals surface area contributed by atoms with Crippen LogP contribution in [-0.2, 0) is 4.79 Å². The summed E-state index contributed by atoms with van der Waals surface area (Å²) in [5.74, 6) is -0.909. The second kappa shape index (κ2) is 10.1. The van der Waals surface area contributed by atoms with Crippen molar-refractivity contribution in [3.05, 3.63) is 120 Å². The minimum absolute atomic E-state index is 0.101. The summed E-state index contributed by atoms with van der Waals surface area (Å²) in [5.41, 5.74) is 7.29. The number of hydrogen-bond donors (Lipinski definition) is 1. The molecular weight excluding hydrogens is 418 g/mol. The van der Waals surface area contributed by atoms with Gasteiger partial charge in [0.05, 0.1) is 12.0 Å². The summed E-state index contributed by atoms with van der Waals surface area (Å²) in [6.07, 6.45) is 1.38. The molecule has 34 heavy (non-hydrogen) atoms. The van der Waals surface area contributed by atoms with Crippen molar-refractivity contribution in [2.24, 2.45) is 5.92 Å². The predicted octanol–water partition coefficient (Wildman–Crippen LogP) is 6.91. The molecule has 5 rings (SSSR count). The van der Waals surface area contributed by atoms with E-state index in [1.807, 2.05) is 12.1 Å². The molecule has 0 saturated carbocycles. The zero-order valence-corrected chi connectivity index (χ0v) is 19.2. The first-order chi connectivity index (χ1) is 16.7. The van der Waals surface area contributed by atoms with E-state index >= 15 is 0 Å². The van der Waals surface area contributed by atoms with Crippen molar-refractivity contribution in [2.75, 3.05) is 13.1 Å². The maximum atomic E-state index is 11.5. The number of rotatable bonds is 6. The highest BCUT2D eigenvalue weighted by molar-refractivity contribution is 5.70. The van der Waals surface area contributed by atoms with Crippen LogP contribution in [0.1, 0.15) is 30.0 Å². The molecular formula is C31H29NO2. The highest BCUT2D eigenvalue weighted by atomic mass is 16.4. The Morgan fingerprint density at radius 1 is 0.618 bits per heavy atom. The van der Waals surface area contributed by atoms with Gasteiger partial charge in [0.25, 0.3) is 0 Å². The lowest BCUT2D eigenvalue weighted by Crippen LogP contribution is -2.39. The van der Waals surface area contributed by atoms with E-state index in [2.05, 4.69) is 102 Å². The fourth-order valence-corrected chi connectivity index (χ4v) is 5.00. The first kappa shape index (κ1) is 22.1. The van der Waals surface area contributed by atoms with Gasteiger partial charge in [-0.15, -0.1) is 0 Å². The quantitative estimate of drug-likeness (QED) is 0.349. The lowest BCUT2D eigenvalue weighted by molar-refractivity contribution is -0.143. The van der Waals surface area contributed by atoms with E-state index in [4.69, 9.17) is 0 Å². The molecule has 4 aromatic carbocycles. The molecule has 1 N–H and O–H groups in total. The maximum absolute atomic E-state index is 11.5. The Bertz CT molecular complexity index is 1130. The van der Waals surface area contributed by atoms with Crippen molar-refractivity contribution in [3.8, 4) is 22.3 Å². The van der Waals surface area contributed by atoms with Crippen molar-refractivity contribution in [3.63, 3.8) is 0 Å². The highest BCUT2D eigenvalue weighted by Crippen LogP contribution is 2.34. The van der Waals surface area contributed by atoms with E-state index < -0.39 is 5.97 Å². The summed E-state index contributed by atoms with van der Waals surface area (Å²) < 4.78 is 0. The van der Waals surface area contributed by atoms with E-state index in [9.17, 15) is 9.90 Å². The van der Waals surface area contributed by atoms with Crippen molar-refractivity contribution in [2.45, 2.75) is 18.9 Å². The number of carboxylic acids is 1. The largest absolute Gasteiger partial charge is 0.481 e. The zero-order chi connectivity index (χ0) is 23.3. The smallest absolute Gasteiger partial charge is 0.306 e. The molecule has 0 atom stereocenters. The summed E-state index contributed by atoms with van der Waals surface area (Å²) in [6, 6.07) is 38.6. The summed E-state index contributed by atoms with van der Waals surface area (Å²) in [7, 11) is 0. The second-order valence-electron chi connectivity index (χ2n) is 9.03. The van der Waals surface area contributed by atoms with Crippen molar-refractivity contribution in [1.29, 1.82) is 0 Å². The molecule has 0 spiro atoms. The molecule has 1 heterocycles. The molecule has 0 radical (unpaired) electrons. The molecule has 1 aliphatic heterocycles. The molecule has 1 fully saturated rings. The van der Waals surface area contributed by atoms with Gasteiger partial charge in [-0.25, -0.2) is 0 Å². The Morgan fingerprint density at radius 2 is 1.00 bits per heavy atom. The van der Waals surface area contributed by atoms with Gasteiger partial charge in [-0.3, -0.25) is 9.69 Å². The van der Waals surface area contributed by atoms with Gasteiger partial charge in [0.15, 0.2) is 0 Å². The van der Waals surface area contributed by atoms with Crippen LogP contribution in [-0.4, -0.2) is 29.1 Å². The van der Waals surface area contributed by atoms with Crippen LogP contribution in [0.15, 0.2) is 109 Å². The summed E-state index contributed by atoms with van der Waals surface area (Å²) in [6.45, 7) is 1.56. The normalized spacial score (nSPS) is 14.9. The Balaban J connectivity index is 1.46. The van der Waals surface area contributed by atoms with Gasteiger partial charge in [0, 0.05) is 0 Å². The van der Waals surface area contributed by atoms with E-state index in [-0.39, 0.29) is 12.0 Å². The minimum atomic E-state index is -0.671. The van der Waals surface area contributed by atoms with Crippen LogP contribution in [0.3, 0.4) is 0 Å². The number of nitrogens with zero attached hydrogens (tertiary/aromatic N) is 1. The van der Waals surface area contributed by atoms with Crippen LogP contribution in [0, 0.1) is 5.92 Å². The summed E-state index contributed by atoms with van der Waals surface area (Å²) in [5, 5.41) is 9.46. The third kappa shape index (κ3) is 4.80. The molecule has 0 bridgehead atoms. The monoisotopic (exact) mass is 447 g/mol. The third-order valence-electron chi connectivity index (χ3n) is 6.91. The zero-order valence-electron chi connectivity index (χ0n) is 19.2. The van der Waals surface area contributed by atoms with Crippen LogP contribution in [0.25, 0.3) is 22.3 Å². The van der Waals surface area contributed by atoms with Gasteiger partial charge in [0.1, 0.15) is 0 Å². The van der Waals surface area contributed by atoms with Crippen molar-refractivity contribution >= 4 is 5.97 Å². The number of likely N-dealkylation sites (tertiary alicyclic amines) is 1. The Hall–Kier alpha value is -3.69. The fraction of sp³-hybridized carbons (Fsp3) is 0.194. The fourth-order valence-electron chi connectivity index (χ4n) is 5.00. The second-order valence-corrected chi connectivity index (χ2v) is 9.03. The molecule has 1 saturated heterocycles. The van der Waals surface area contributed by atoms with Gasteiger partial charge < -0.3 is 5.11 Å². The lowest BCUT2D eigenvalue weighted by atomic mass is 9.90. The first-order valence-electron chi connectivity index (χ1n) is 12.0. The molecule has 4 aromatic rings. The van der Waals surface area contributed by atoms with Gasteiger partial charge in [0.2, 0.25) is 0 Å². The molecule has 0 amide bonds. The number of hydrogen-bond acceptors (Lipinski definition) is 2. The molecule has 170 valence electrons. The standard InChI is InChI=1S/C31H29NO2/c33-31(34)29-19-21-32(22-20-29)30(27-15-11-25(12-16-27)23-7-3-1-4-8-23)28-17-13-26(14-18-28)24-9-5-2-6-10-24/h1-18,29-30H,19-22H2,(H,33,34). The third-order valence-corrected chi connectivity index (χ3v) is 6.91. The predicted molar refractivity (Wildman–Crippen MR) is 138 cm³/mol. The summed E-state index contributed by atoms with van der Waals surface area (Å²) in [4.78, 5) is 13.9. The molecule has 3 nitrogen and oxygen atoms in total. The Morgan fingerprint density at radius 3 is 1.38 bits per heavy atom. The first-order valence-corrected chi connectivity index (χ1v) is 12.0. The lowest BCUT2D eigenvalue weighted by Gasteiger charge is -2.37. The van der Waals surface area contributed by atoms with Gasteiger partial charge in [-0.2, -0.15) is 0 Å². The van der Waals surface area contributed by atoms with Crippen molar-refractivity contribution < 1.29 is 9.90 Å². The maximum Gasteiger partial charge on any atom is 0.306 e. The molecule has 3 heteroatoms. The highest BCUT2D eigenvalue weighted by Gasteiger charge is 2.30. The topological polar surface area (TPSA) is 40.5 Å². The summed E-state index contributed by atoms with van der Waals surface area (Å²) >= 11 is 0. The molecule has 0 aliphatic carbocycles. The van der Waals surface area contributed by atoms with E-state index in [1.165, 1.54) is 33.4 Å². The molecule has 1 aliphatic rings. The van der Waals surface area contributed by atoms with E-state index in [0.29, 0.717) is 12.8 Å². The average molecular weight is 448 g/mol. The van der Waals surface area contributed by atoms with E-state index in [0.717, 1.165) is 13.1 Å². The van der Waals surface area contributed by atoms with Crippen LogP contribution in [0.4, 0.5) is 0 Å². The number of carboxylic acid groups (broad SMARTS) is 1. The number of aliphatic carboxylic acids is 1. The van der Waals surface area contributed by atoms with Gasteiger partial charge in [-0.1, -0.05) is 109 Å². The minimum Gasteiger partial charge on any atom is -0.481 e. The number of carbonyl (C=O) groups is 1. The average Bonchev–Trinajstić information content (AvgIpc) is 2.91. The molecule has 0 aromatic heterocycles.